The van der Waals surface area contributed by atoms with E-state index in [-0.39, 0.29) is 86.4 Å². The average molecular weight is 1940 g/mol. The van der Waals surface area contributed by atoms with E-state index >= 15 is 0 Å². The lowest BCUT2D eigenvalue weighted by molar-refractivity contribution is -0.144. The van der Waals surface area contributed by atoms with Crippen molar-refractivity contribution in [3.63, 3.8) is 0 Å². The number of amides is 3. The number of pyridine rings is 3. The molecule has 0 spiro atoms. The molecular formula is C94H86F19N9O15. The van der Waals surface area contributed by atoms with Crippen LogP contribution in [0.5, 0.6) is 17.2 Å². The molecule has 137 heavy (non-hydrogen) atoms. The Morgan fingerprint density at radius 1 is 0.401 bits per heavy atom. The Labute approximate surface area is 768 Å². The highest BCUT2D eigenvalue weighted by Crippen LogP contribution is 2.50. The Bertz CT molecular complexity index is 6020. The van der Waals surface area contributed by atoms with E-state index in [0.717, 1.165) is 67.5 Å². The van der Waals surface area contributed by atoms with Crippen LogP contribution < -0.4 is 28.9 Å². The van der Waals surface area contributed by atoms with Gasteiger partial charge < -0.3 is 58.4 Å². The third kappa shape index (κ3) is 22.0. The standard InChI is InChI=1S/C33H31F6N3O5.C31H28F7N3O5.C30H27F6N3O5/c1-17-30(20-10-21(32(34,35)36)14-22(11-20)33(37,38)39)47-31(45)42(17)16-26-23(6-7-28(40-26)41-8-3-9-41)25-15-24-18(12-27(25)46-2)4-5-19(24)13-29(43)44;1-16-28(18-10-19(30(33,34)35)13-20(11-18)31(36,37)38)46-29(44)41(16)15-24-21(5-6-26(39-24)40-8-3-9-40)22-12-17(4-7-27(42)43)23(32)14-25(22)45-2;1-16-27(18-12-19(29(31,32)33)14-20(13-18)30(34,35)36)44-28(42)39(16)15-23-21(5-7-25(37-23)38-8-3-9-38)22-10-17(11-26(40)41)4-6-24(22)43-2/h6-7,10-12,14-15,17,19,30H,3-5,8-9,13,16H2,1-2H3,(H,43,44);5-6,10-14,16,28H,3-4,7-9,15H2,1-2H3,(H,42,43);4-7,10,12-14,16,27H,3,8-9,11,15H2,1-2H3,(H,40,41)/t17-,19?,30-;16-,28-;16-,27-/m000/s1. The van der Waals surface area contributed by atoms with Gasteiger partial charge in [0.1, 0.15) is 58.8 Å². The van der Waals surface area contributed by atoms with E-state index < -0.39 is 166 Å². The number of hydrogen-bond acceptors (Lipinski definition) is 18. The smallest absolute Gasteiger partial charge is 0.416 e. The minimum Gasteiger partial charge on any atom is -0.496 e. The summed E-state index contributed by atoms with van der Waals surface area (Å²) in [4.78, 5) is 97.5. The monoisotopic (exact) mass is 1940 g/mol. The van der Waals surface area contributed by atoms with Crippen LogP contribution in [0.3, 0.4) is 0 Å². The van der Waals surface area contributed by atoms with Crippen LogP contribution in [0.2, 0.25) is 0 Å². The van der Waals surface area contributed by atoms with Gasteiger partial charge in [-0.15, -0.1) is 0 Å². The number of benzene rings is 6. The second-order valence-corrected chi connectivity index (χ2v) is 33.8. The van der Waals surface area contributed by atoms with Crippen LogP contribution in [-0.4, -0.2) is 160 Å². The molecule has 6 aromatic carbocycles. The van der Waals surface area contributed by atoms with Crippen LogP contribution >= 0.6 is 0 Å². The first-order valence-corrected chi connectivity index (χ1v) is 42.8. The van der Waals surface area contributed by atoms with Gasteiger partial charge in [0.25, 0.3) is 0 Å². The second kappa shape index (κ2) is 38.9. The molecule has 3 aromatic heterocycles. The summed E-state index contributed by atoms with van der Waals surface area (Å²) in [6.45, 7) is 8.23. The molecule has 730 valence electrons. The molecule has 3 amide bonds. The van der Waals surface area contributed by atoms with Crippen molar-refractivity contribution in [2.75, 3.05) is 75.3 Å². The molecule has 16 rings (SSSR count). The van der Waals surface area contributed by atoms with E-state index in [0.29, 0.717) is 142 Å². The number of methoxy groups -OCH3 is 3. The number of ether oxygens (including phenoxy) is 6. The summed E-state index contributed by atoms with van der Waals surface area (Å²) in [6.07, 6.45) is -34.2. The molecule has 0 saturated carbocycles. The van der Waals surface area contributed by atoms with Gasteiger partial charge in [-0.05, 0) is 225 Å². The summed E-state index contributed by atoms with van der Waals surface area (Å²) in [5.74, 6) is -1.16. The number of carboxylic acid groups (broad SMARTS) is 3. The van der Waals surface area contributed by atoms with Gasteiger partial charge in [0.2, 0.25) is 0 Å². The zero-order valence-electron chi connectivity index (χ0n) is 73.4. The number of cyclic esters (lactones) is 3. The molecule has 43 heteroatoms. The van der Waals surface area contributed by atoms with Gasteiger partial charge >= 0.3 is 73.2 Å². The molecule has 9 heterocycles. The molecule has 3 N–H and O–H groups in total. The number of aryl methyl sites for hydroxylation is 2. The van der Waals surface area contributed by atoms with Crippen molar-refractivity contribution in [2.24, 2.45) is 0 Å². The molecule has 0 bridgehead atoms. The minimum absolute atomic E-state index is 0.000981. The summed E-state index contributed by atoms with van der Waals surface area (Å²) in [5, 5.41) is 27.9. The molecule has 9 aromatic rings. The number of aliphatic carboxylic acids is 3. The maximum Gasteiger partial charge on any atom is 0.416 e. The highest BCUT2D eigenvalue weighted by Gasteiger charge is 2.49. The molecule has 6 saturated heterocycles. The first-order valence-electron chi connectivity index (χ1n) is 42.8. The summed E-state index contributed by atoms with van der Waals surface area (Å²) in [5.41, 5.74) is -4.07. The molecule has 7 atom stereocenters. The van der Waals surface area contributed by atoms with Crippen molar-refractivity contribution < 1.29 is 156 Å². The lowest BCUT2D eigenvalue weighted by atomic mass is 9.92. The van der Waals surface area contributed by atoms with Crippen molar-refractivity contribution in [1.82, 2.24) is 29.7 Å². The average Bonchev–Trinajstić information content (AvgIpc) is 1.42. The van der Waals surface area contributed by atoms with Gasteiger partial charge in [0.05, 0.1) is 122 Å². The number of nitrogens with zero attached hydrogens (tertiary/aromatic N) is 9. The van der Waals surface area contributed by atoms with Crippen LogP contribution in [0.4, 0.5) is 115 Å². The number of carboxylic acids is 3. The van der Waals surface area contributed by atoms with E-state index in [1.807, 2.05) is 39.0 Å². The normalized spacial score (nSPS) is 19.4. The van der Waals surface area contributed by atoms with E-state index in [4.69, 9.17) is 48.5 Å². The predicted octanol–water partition coefficient (Wildman–Crippen LogP) is 21.5. The van der Waals surface area contributed by atoms with Gasteiger partial charge in [-0.2, -0.15) is 79.0 Å². The molecule has 6 aliphatic heterocycles. The number of alkyl halides is 18. The Morgan fingerprint density at radius 2 is 0.737 bits per heavy atom. The summed E-state index contributed by atoms with van der Waals surface area (Å²) in [7, 11) is 4.25. The fraction of sp³-hybridized carbons (Fsp3) is 0.394. The Hall–Kier alpha value is -13.5. The number of rotatable bonds is 25. The maximum absolute atomic E-state index is 14.8. The summed E-state index contributed by atoms with van der Waals surface area (Å²) < 4.78 is 292. The number of carbonyl (C=O) groups is 6. The van der Waals surface area contributed by atoms with Gasteiger partial charge in [-0.1, -0.05) is 6.07 Å². The van der Waals surface area contributed by atoms with Crippen LogP contribution in [0.15, 0.2) is 133 Å². The van der Waals surface area contributed by atoms with Gasteiger partial charge in [-0.3, -0.25) is 29.1 Å². The predicted molar refractivity (Wildman–Crippen MR) is 452 cm³/mol. The molecule has 1 unspecified atom stereocenters. The van der Waals surface area contributed by atoms with E-state index in [2.05, 4.69) is 0 Å². The van der Waals surface area contributed by atoms with Crippen LogP contribution in [0, 0.1) is 5.82 Å². The highest BCUT2D eigenvalue weighted by molar-refractivity contribution is 5.81. The number of aromatic nitrogens is 3. The lowest BCUT2D eigenvalue weighted by Gasteiger charge is -2.33. The maximum atomic E-state index is 14.8. The lowest BCUT2D eigenvalue weighted by Crippen LogP contribution is -2.38. The van der Waals surface area contributed by atoms with E-state index in [1.54, 1.807) is 42.5 Å². The summed E-state index contributed by atoms with van der Waals surface area (Å²) in [6, 6.07) is 22.1. The van der Waals surface area contributed by atoms with Crippen LogP contribution in [0.25, 0.3) is 33.4 Å². The molecule has 6 fully saturated rings. The fourth-order valence-electron chi connectivity index (χ4n) is 17.3. The number of hydrogen-bond donors (Lipinski definition) is 3. The van der Waals surface area contributed by atoms with Gasteiger partial charge in [0.15, 0.2) is 0 Å². The quantitative estimate of drug-likeness (QED) is 0.0354. The van der Waals surface area contributed by atoms with Crippen LogP contribution in [0.1, 0.15) is 173 Å². The number of halogens is 19. The van der Waals surface area contributed by atoms with E-state index in [1.165, 1.54) is 58.0 Å². The summed E-state index contributed by atoms with van der Waals surface area (Å²) >= 11 is 0. The van der Waals surface area contributed by atoms with Crippen molar-refractivity contribution in [2.45, 2.75) is 178 Å². The zero-order chi connectivity index (χ0) is 99.4. The van der Waals surface area contributed by atoms with Crippen molar-refractivity contribution >= 4 is 53.6 Å². The second-order valence-electron chi connectivity index (χ2n) is 33.8. The number of carbonyl (C=O) groups excluding carboxylic acids is 3. The fourth-order valence-corrected chi connectivity index (χ4v) is 17.3. The van der Waals surface area contributed by atoms with Crippen LogP contribution in [-0.2, 0) is 105 Å². The first kappa shape index (κ1) is 99.4. The molecule has 1 aliphatic carbocycles. The Kier molecular flexibility index (Phi) is 28.2. The highest BCUT2D eigenvalue weighted by atomic mass is 19.4. The SMILES string of the molecule is COc1cc(F)c(CCC(=O)O)cc1-c1ccc(N2CCC2)nc1CN1C(=O)O[C@H](c2cc(C(F)(F)F)cc(C(F)(F)F)c2)[C@@H]1C.COc1cc2c(cc1-c1ccc(N3CCC3)nc1CN1C(=O)O[C@H](c3cc(C(F)(F)F)cc(C(F)(F)F)c3)[C@@H]1C)C(CC(=O)O)CC2.COc1ccc(CC(=O)O)cc1-c1ccc(N2CCC2)nc1CN1C(=O)O[C@H](c2cc(C(F)(F)F)cc(C(F)(F)F)c2)[C@@H]1C. The van der Waals surface area contributed by atoms with E-state index in [9.17, 15) is 122 Å². The zero-order valence-corrected chi connectivity index (χ0v) is 73.4. The third-order valence-electron chi connectivity index (χ3n) is 24.9. The number of fused-ring (bicyclic) bond motifs is 1. The Morgan fingerprint density at radius 3 is 1.04 bits per heavy atom. The van der Waals surface area contributed by atoms with Crippen molar-refractivity contribution in [3.05, 3.63) is 229 Å². The molecule has 24 nitrogen and oxygen atoms in total. The molecule has 7 aliphatic rings. The largest absolute Gasteiger partial charge is 0.496 e. The third-order valence-corrected chi connectivity index (χ3v) is 24.9. The van der Waals surface area contributed by atoms with Gasteiger partial charge in [-0.25, -0.2) is 33.7 Å². The van der Waals surface area contributed by atoms with Crippen molar-refractivity contribution in [1.29, 1.82) is 0 Å². The number of anilines is 3. The minimum atomic E-state index is -5.09. The van der Waals surface area contributed by atoms with Gasteiger partial charge in [0, 0.05) is 85.1 Å². The topological polar surface area (TPSA) is 277 Å². The molecular weight excluding hydrogens is 1860 g/mol. The van der Waals surface area contributed by atoms with Crippen molar-refractivity contribution in [3.8, 4) is 50.6 Å². The first-order chi connectivity index (χ1) is 64.3. The Balaban J connectivity index is 0.000000164. The molecule has 0 radical (unpaired) electrons.